The van der Waals surface area contributed by atoms with E-state index >= 15 is 9.59 Å². The molecular weight excluding hydrogens is 1150 g/mol. The molecule has 4 unspecified atom stereocenters. The molecule has 4 atom stereocenters. The van der Waals surface area contributed by atoms with Gasteiger partial charge in [0.05, 0.1) is 30.1 Å². The highest BCUT2D eigenvalue weighted by atomic mass is 79.9. The third kappa shape index (κ3) is 19.3. The summed E-state index contributed by atoms with van der Waals surface area (Å²) in [5.74, 6) is 2.18. The normalized spacial score (nSPS) is 15.8. The summed E-state index contributed by atoms with van der Waals surface area (Å²) >= 11 is 11.8. The summed E-state index contributed by atoms with van der Waals surface area (Å²) in [7, 11) is 0. The molecule has 4 heterocycles. The molecule has 0 bridgehead atoms. The minimum absolute atomic E-state index is 0.00331. The average molecular weight is 1260 g/mol. The monoisotopic (exact) mass is 1250 g/mol. The molecule has 2 aliphatic rings. The number of unbranched alkanes of at least 4 members (excludes halogenated alkanes) is 16. The molecule has 0 fully saturated rings. The van der Waals surface area contributed by atoms with E-state index in [0.717, 1.165) is 97.8 Å². The Bertz CT molecular complexity index is 2330. The minimum Gasteiger partial charge on any atom is -0.307 e. The molecule has 0 N–H and O–H groups in total. The predicted octanol–water partition coefficient (Wildman–Crippen LogP) is 24.5. The van der Waals surface area contributed by atoms with E-state index in [0.29, 0.717) is 47.9 Å². The molecule has 0 aliphatic carbocycles. The standard InChI is InChI=1S/C72H108Br2N2O2S2/c1-9-17-25-29-37-53(33-21-13-5)45-59-49-65(79-69(59)73)57-41-43-61-63(47-57)75(51-55(35-23-15-7)39-31-27-19-11-3)71(77)67(61)68-62-44-42-58(48-64(62)76(72(68)78)52-56(36-24-16-8)40-32-28-20-12-4)66-50-60(70(74)80-66)46-54(34-22-14-6)38-30-26-18-10-2/h41-44,47-50,53-56H,9-40,45-46,51-52H2,1-8H3/b68-67+. The van der Waals surface area contributed by atoms with Crippen molar-refractivity contribution in [2.24, 2.45) is 23.7 Å². The second-order valence-electron chi connectivity index (χ2n) is 24.7. The first-order valence-corrected chi connectivity index (χ1v) is 36.5. The number of anilines is 2. The molecule has 444 valence electrons. The number of amides is 2. The molecule has 6 rings (SSSR count). The maximum Gasteiger partial charge on any atom is 0.259 e. The number of rotatable bonds is 42. The van der Waals surface area contributed by atoms with Gasteiger partial charge in [0.1, 0.15) is 0 Å². The molecule has 2 aliphatic heterocycles. The summed E-state index contributed by atoms with van der Waals surface area (Å²) in [6.07, 6.45) is 41.8. The molecular formula is C72H108Br2N2O2S2. The van der Waals surface area contributed by atoms with E-state index in [4.69, 9.17) is 0 Å². The summed E-state index contributed by atoms with van der Waals surface area (Å²) < 4.78 is 2.47. The Morgan fingerprint density at radius 2 is 0.675 bits per heavy atom. The zero-order valence-corrected chi connectivity index (χ0v) is 56.5. The van der Waals surface area contributed by atoms with Gasteiger partial charge in [0.15, 0.2) is 0 Å². The van der Waals surface area contributed by atoms with Crippen LogP contribution in [0.3, 0.4) is 0 Å². The summed E-state index contributed by atoms with van der Waals surface area (Å²) in [5.41, 5.74) is 10.2. The molecule has 0 radical (unpaired) electrons. The molecule has 0 spiro atoms. The third-order valence-corrected chi connectivity index (χ3v) is 22.0. The van der Waals surface area contributed by atoms with Crippen LogP contribution in [0.5, 0.6) is 0 Å². The molecule has 4 nitrogen and oxygen atoms in total. The largest absolute Gasteiger partial charge is 0.307 e. The Morgan fingerprint density at radius 1 is 0.375 bits per heavy atom. The van der Waals surface area contributed by atoms with Gasteiger partial charge in [0.2, 0.25) is 0 Å². The van der Waals surface area contributed by atoms with Crippen molar-refractivity contribution in [2.45, 2.75) is 274 Å². The van der Waals surface area contributed by atoms with E-state index in [9.17, 15) is 0 Å². The highest BCUT2D eigenvalue weighted by Gasteiger charge is 2.43. The minimum atomic E-state index is 0.00331. The number of benzene rings is 2. The van der Waals surface area contributed by atoms with Crippen molar-refractivity contribution in [1.29, 1.82) is 0 Å². The van der Waals surface area contributed by atoms with Crippen LogP contribution in [0.25, 0.3) is 32.0 Å². The third-order valence-electron chi connectivity index (χ3n) is 18.0. The van der Waals surface area contributed by atoms with Gasteiger partial charge in [-0.2, -0.15) is 0 Å². The number of thiophene rings is 2. The number of fused-ring (bicyclic) bond motifs is 2. The topological polar surface area (TPSA) is 40.6 Å². The number of halogens is 2. The van der Waals surface area contributed by atoms with Gasteiger partial charge in [-0.3, -0.25) is 9.59 Å². The van der Waals surface area contributed by atoms with Crippen LogP contribution in [0.15, 0.2) is 56.1 Å². The molecule has 0 saturated heterocycles. The van der Waals surface area contributed by atoms with Gasteiger partial charge in [-0.1, -0.05) is 259 Å². The fourth-order valence-electron chi connectivity index (χ4n) is 13.1. The lowest BCUT2D eigenvalue weighted by atomic mass is 9.90. The van der Waals surface area contributed by atoms with Crippen molar-refractivity contribution in [3.05, 3.63) is 78.4 Å². The van der Waals surface area contributed by atoms with Crippen molar-refractivity contribution in [3.8, 4) is 20.9 Å². The van der Waals surface area contributed by atoms with Crippen LogP contribution >= 0.6 is 54.5 Å². The number of hydrogen-bond acceptors (Lipinski definition) is 4. The van der Waals surface area contributed by atoms with Gasteiger partial charge in [-0.05, 0) is 141 Å². The first kappa shape index (κ1) is 66.6. The average Bonchev–Trinajstić information content (AvgIpc) is 4.18. The Balaban J connectivity index is 1.46. The van der Waals surface area contributed by atoms with Gasteiger partial charge in [0.25, 0.3) is 11.8 Å². The molecule has 2 amide bonds. The van der Waals surface area contributed by atoms with Crippen LogP contribution in [0.4, 0.5) is 11.4 Å². The summed E-state index contributed by atoms with van der Waals surface area (Å²) in [4.78, 5) is 38.5. The molecule has 2 aromatic carbocycles. The zero-order valence-electron chi connectivity index (χ0n) is 51.7. The van der Waals surface area contributed by atoms with Gasteiger partial charge in [0, 0.05) is 34.0 Å². The van der Waals surface area contributed by atoms with Crippen LogP contribution in [0, 0.1) is 23.7 Å². The van der Waals surface area contributed by atoms with Crippen LogP contribution in [-0.2, 0) is 22.4 Å². The molecule has 0 saturated carbocycles. The van der Waals surface area contributed by atoms with E-state index < -0.39 is 0 Å². The number of nitrogens with zero attached hydrogens (tertiary/aromatic N) is 2. The molecule has 4 aromatic rings. The highest BCUT2D eigenvalue weighted by molar-refractivity contribution is 9.11. The van der Waals surface area contributed by atoms with Crippen LogP contribution in [0.1, 0.15) is 283 Å². The lowest BCUT2D eigenvalue weighted by Gasteiger charge is -2.25. The summed E-state index contributed by atoms with van der Waals surface area (Å²) in [5, 5.41) is 0. The number of carbonyl (C=O) groups excluding carboxylic acids is 2. The first-order chi connectivity index (χ1) is 39.0. The van der Waals surface area contributed by atoms with Crippen LogP contribution in [-0.4, -0.2) is 24.9 Å². The van der Waals surface area contributed by atoms with E-state index in [1.807, 2.05) is 22.7 Å². The number of hydrogen-bond donors (Lipinski definition) is 0. The second-order valence-corrected chi connectivity index (χ2v) is 29.4. The van der Waals surface area contributed by atoms with Gasteiger partial charge >= 0.3 is 0 Å². The zero-order chi connectivity index (χ0) is 57.2. The van der Waals surface area contributed by atoms with Gasteiger partial charge in [-0.25, -0.2) is 0 Å². The van der Waals surface area contributed by atoms with Crippen molar-refractivity contribution in [2.75, 3.05) is 22.9 Å². The summed E-state index contributed by atoms with van der Waals surface area (Å²) in [6.45, 7) is 19.8. The Labute approximate surface area is 514 Å². The second kappa shape index (κ2) is 36.4. The van der Waals surface area contributed by atoms with Crippen LogP contribution in [0.2, 0.25) is 0 Å². The smallest absolute Gasteiger partial charge is 0.259 e. The van der Waals surface area contributed by atoms with Crippen molar-refractivity contribution in [1.82, 2.24) is 0 Å². The Kier molecular flexibility index (Phi) is 30.3. The lowest BCUT2D eigenvalue weighted by Crippen LogP contribution is -2.34. The fraction of sp³-hybridized carbons (Fsp3) is 0.667. The summed E-state index contributed by atoms with van der Waals surface area (Å²) in [6, 6.07) is 18.4. The van der Waals surface area contributed by atoms with E-state index in [2.05, 4.69) is 146 Å². The van der Waals surface area contributed by atoms with Gasteiger partial charge < -0.3 is 9.80 Å². The van der Waals surface area contributed by atoms with Crippen molar-refractivity contribution in [3.63, 3.8) is 0 Å². The van der Waals surface area contributed by atoms with Crippen molar-refractivity contribution < 1.29 is 9.59 Å². The van der Waals surface area contributed by atoms with Crippen molar-refractivity contribution >= 4 is 88.9 Å². The molecule has 8 heteroatoms. The first-order valence-electron chi connectivity index (χ1n) is 33.3. The van der Waals surface area contributed by atoms with E-state index in [-0.39, 0.29) is 11.8 Å². The molecule has 2 aromatic heterocycles. The maximum atomic E-state index is 15.9. The quantitative estimate of drug-likeness (QED) is 0.0328. The predicted molar refractivity (Wildman–Crippen MR) is 361 cm³/mol. The fourth-order valence-corrected chi connectivity index (χ4v) is 16.5. The Morgan fingerprint density at radius 3 is 1.00 bits per heavy atom. The van der Waals surface area contributed by atoms with Crippen LogP contribution < -0.4 is 9.80 Å². The molecule has 80 heavy (non-hydrogen) atoms. The van der Waals surface area contributed by atoms with Gasteiger partial charge in [-0.15, -0.1) is 22.7 Å². The SMILES string of the molecule is CCCCCCC(CCCC)Cc1cc(-c2ccc3c(c2)N(CC(CCCC)CCCCCC)C(=O)/C3=C2/C(=O)N(CC(CCCC)CCCCCC)c3cc(-c4cc(CC(CCCC)CCCCCC)c(Br)s4)ccc32)sc1Br. The maximum absolute atomic E-state index is 15.9. The highest BCUT2D eigenvalue weighted by Crippen LogP contribution is 2.51. The Hall–Kier alpha value is -2.52. The van der Waals surface area contributed by atoms with E-state index in [1.165, 1.54) is 183 Å². The lowest BCUT2D eigenvalue weighted by molar-refractivity contribution is -0.114. The van der Waals surface area contributed by atoms with E-state index in [1.54, 1.807) is 0 Å². The number of carbonyl (C=O) groups is 2.